The van der Waals surface area contributed by atoms with Gasteiger partial charge in [0.2, 0.25) is 5.91 Å². The smallest absolute Gasteiger partial charge is 0.239 e. The number of fused-ring (bicyclic) bond motifs is 1. The standard InChI is InChI=1S/C21H23F2N3OS2/c1-3-25(4-2)10-11-26(19(27)14-28-16-8-6-5-7-9-16)21-24-20-17(23)12-15(22)13-18(20)29-21/h5-9,12-13H,3-4,10-11,14H2,1-2H3. The number of anilines is 1. The van der Waals surface area contributed by atoms with Crippen molar-refractivity contribution in [2.75, 3.05) is 36.8 Å². The van der Waals surface area contributed by atoms with Gasteiger partial charge in [-0.05, 0) is 31.3 Å². The van der Waals surface area contributed by atoms with E-state index in [0.717, 1.165) is 35.4 Å². The maximum atomic E-state index is 14.1. The molecular weight excluding hydrogens is 412 g/mol. The fourth-order valence-corrected chi connectivity index (χ4v) is 4.75. The maximum absolute atomic E-state index is 14.1. The van der Waals surface area contributed by atoms with Crippen LogP contribution in [-0.4, -0.2) is 47.7 Å². The van der Waals surface area contributed by atoms with Gasteiger partial charge in [0.25, 0.3) is 0 Å². The van der Waals surface area contributed by atoms with Gasteiger partial charge in [-0.1, -0.05) is 43.4 Å². The molecule has 3 rings (SSSR count). The highest BCUT2D eigenvalue weighted by molar-refractivity contribution is 8.00. The van der Waals surface area contributed by atoms with E-state index in [1.807, 2.05) is 30.3 Å². The molecule has 0 saturated carbocycles. The number of carbonyl (C=O) groups is 1. The normalized spacial score (nSPS) is 11.3. The Kier molecular flexibility index (Phi) is 7.57. The van der Waals surface area contributed by atoms with Crippen molar-refractivity contribution in [1.82, 2.24) is 9.88 Å². The predicted octanol–water partition coefficient (Wildman–Crippen LogP) is 5.04. The second kappa shape index (κ2) is 10.1. The number of thioether (sulfide) groups is 1. The molecule has 0 bridgehead atoms. The summed E-state index contributed by atoms with van der Waals surface area (Å²) in [4.78, 5) is 22.1. The molecule has 8 heteroatoms. The highest BCUT2D eigenvalue weighted by atomic mass is 32.2. The molecule has 0 radical (unpaired) electrons. The highest BCUT2D eigenvalue weighted by Crippen LogP contribution is 2.32. The van der Waals surface area contributed by atoms with Crippen molar-refractivity contribution in [1.29, 1.82) is 0 Å². The largest absolute Gasteiger partial charge is 0.302 e. The van der Waals surface area contributed by atoms with Crippen molar-refractivity contribution in [3.05, 3.63) is 54.1 Å². The zero-order valence-corrected chi connectivity index (χ0v) is 18.0. The summed E-state index contributed by atoms with van der Waals surface area (Å²) < 4.78 is 28.1. The highest BCUT2D eigenvalue weighted by Gasteiger charge is 2.22. The molecule has 0 aliphatic rings. The van der Waals surface area contributed by atoms with E-state index in [1.165, 1.54) is 17.8 Å². The number of nitrogens with zero attached hydrogens (tertiary/aromatic N) is 3. The summed E-state index contributed by atoms with van der Waals surface area (Å²) in [6, 6.07) is 11.8. The first-order valence-corrected chi connectivity index (χ1v) is 11.3. The van der Waals surface area contributed by atoms with Crippen molar-refractivity contribution < 1.29 is 13.6 Å². The molecule has 4 nitrogen and oxygen atoms in total. The number of hydrogen-bond donors (Lipinski definition) is 0. The minimum atomic E-state index is -0.711. The van der Waals surface area contributed by atoms with Gasteiger partial charge < -0.3 is 4.90 Å². The van der Waals surface area contributed by atoms with Crippen LogP contribution in [0, 0.1) is 11.6 Å². The lowest BCUT2D eigenvalue weighted by molar-refractivity contribution is -0.116. The summed E-state index contributed by atoms with van der Waals surface area (Å²) in [5.41, 5.74) is 0.0998. The molecule has 0 aliphatic heterocycles. The first-order valence-electron chi connectivity index (χ1n) is 9.48. The number of likely N-dealkylation sites (N-methyl/N-ethyl adjacent to an activating group) is 1. The molecule has 0 aliphatic carbocycles. The second-order valence-electron chi connectivity index (χ2n) is 6.40. The van der Waals surface area contributed by atoms with Crippen molar-refractivity contribution in [3.8, 4) is 0 Å². The molecule has 1 amide bonds. The Bertz CT molecular complexity index is 961. The molecule has 1 aromatic heterocycles. The van der Waals surface area contributed by atoms with Crippen LogP contribution in [0.3, 0.4) is 0 Å². The van der Waals surface area contributed by atoms with E-state index in [4.69, 9.17) is 0 Å². The quantitative estimate of drug-likeness (QED) is 0.441. The Labute approximate surface area is 177 Å². The Morgan fingerprint density at radius 2 is 1.83 bits per heavy atom. The number of hydrogen-bond acceptors (Lipinski definition) is 5. The molecule has 0 saturated heterocycles. The van der Waals surface area contributed by atoms with Crippen LogP contribution in [0.25, 0.3) is 10.2 Å². The number of aromatic nitrogens is 1. The van der Waals surface area contributed by atoms with Crippen LogP contribution in [0.1, 0.15) is 13.8 Å². The van der Waals surface area contributed by atoms with Gasteiger partial charge in [0.15, 0.2) is 10.9 Å². The number of rotatable bonds is 9. The number of halogens is 2. The first kappa shape index (κ1) is 21.7. The van der Waals surface area contributed by atoms with Crippen LogP contribution in [0.4, 0.5) is 13.9 Å². The van der Waals surface area contributed by atoms with E-state index in [1.54, 1.807) is 4.90 Å². The zero-order chi connectivity index (χ0) is 20.8. The van der Waals surface area contributed by atoms with Gasteiger partial charge in [0.1, 0.15) is 11.3 Å². The minimum absolute atomic E-state index is 0.0998. The SMILES string of the molecule is CCN(CC)CCN(C(=O)CSc1ccccc1)c1nc2c(F)cc(F)cc2s1. The zero-order valence-electron chi connectivity index (χ0n) is 16.4. The second-order valence-corrected chi connectivity index (χ2v) is 8.46. The van der Waals surface area contributed by atoms with Gasteiger partial charge in [0.05, 0.1) is 10.5 Å². The van der Waals surface area contributed by atoms with E-state index in [-0.39, 0.29) is 17.2 Å². The Morgan fingerprint density at radius 3 is 2.52 bits per heavy atom. The third-order valence-corrected chi connectivity index (χ3v) is 6.60. The molecule has 2 aromatic carbocycles. The van der Waals surface area contributed by atoms with Gasteiger partial charge in [-0.15, -0.1) is 11.8 Å². The number of thiazole rings is 1. The lowest BCUT2D eigenvalue weighted by Crippen LogP contribution is -2.39. The third kappa shape index (κ3) is 5.52. The van der Waals surface area contributed by atoms with E-state index in [9.17, 15) is 13.6 Å². The summed E-state index contributed by atoms with van der Waals surface area (Å²) in [5.74, 6) is -1.22. The molecule has 0 unspecified atom stereocenters. The molecule has 1 heterocycles. The average molecular weight is 436 g/mol. The van der Waals surface area contributed by atoms with E-state index < -0.39 is 11.6 Å². The summed E-state index contributed by atoms with van der Waals surface area (Å²) >= 11 is 2.58. The summed E-state index contributed by atoms with van der Waals surface area (Å²) in [6.07, 6.45) is 0. The van der Waals surface area contributed by atoms with Crippen LogP contribution in [0.2, 0.25) is 0 Å². The average Bonchev–Trinajstić information content (AvgIpc) is 3.14. The lowest BCUT2D eigenvalue weighted by atomic mass is 10.3. The van der Waals surface area contributed by atoms with Crippen molar-refractivity contribution in [2.45, 2.75) is 18.7 Å². The number of amides is 1. The van der Waals surface area contributed by atoms with Gasteiger partial charge >= 0.3 is 0 Å². The van der Waals surface area contributed by atoms with E-state index >= 15 is 0 Å². The van der Waals surface area contributed by atoms with Crippen LogP contribution >= 0.6 is 23.1 Å². The molecular formula is C21H23F2N3OS2. The van der Waals surface area contributed by atoms with Crippen LogP contribution in [0.15, 0.2) is 47.4 Å². The van der Waals surface area contributed by atoms with Gasteiger partial charge in [-0.25, -0.2) is 13.8 Å². The lowest BCUT2D eigenvalue weighted by Gasteiger charge is -2.24. The third-order valence-electron chi connectivity index (χ3n) is 4.57. The Morgan fingerprint density at radius 1 is 1.10 bits per heavy atom. The summed E-state index contributed by atoms with van der Waals surface area (Å²) in [6.45, 7) is 7.00. The van der Waals surface area contributed by atoms with E-state index in [2.05, 4.69) is 23.7 Å². The van der Waals surface area contributed by atoms with Crippen molar-refractivity contribution in [2.24, 2.45) is 0 Å². The first-order chi connectivity index (χ1) is 14.0. The Hall–Kier alpha value is -2.03. The molecule has 0 fully saturated rings. The topological polar surface area (TPSA) is 36.4 Å². The molecule has 0 atom stereocenters. The number of carbonyl (C=O) groups excluding carboxylic acids is 1. The van der Waals surface area contributed by atoms with Crippen molar-refractivity contribution >= 4 is 44.4 Å². The Balaban J connectivity index is 1.83. The van der Waals surface area contributed by atoms with Gasteiger partial charge in [-0.2, -0.15) is 0 Å². The maximum Gasteiger partial charge on any atom is 0.239 e. The van der Waals surface area contributed by atoms with Crippen LogP contribution in [-0.2, 0) is 4.79 Å². The number of benzene rings is 2. The monoisotopic (exact) mass is 435 g/mol. The van der Waals surface area contributed by atoms with Crippen LogP contribution in [0.5, 0.6) is 0 Å². The molecule has 0 N–H and O–H groups in total. The summed E-state index contributed by atoms with van der Waals surface area (Å²) in [7, 11) is 0. The van der Waals surface area contributed by atoms with E-state index in [0.29, 0.717) is 22.9 Å². The van der Waals surface area contributed by atoms with Crippen molar-refractivity contribution in [3.63, 3.8) is 0 Å². The fourth-order valence-electron chi connectivity index (χ4n) is 2.91. The van der Waals surface area contributed by atoms with Gasteiger partial charge in [0, 0.05) is 24.1 Å². The predicted molar refractivity (Wildman–Crippen MR) is 117 cm³/mol. The fraction of sp³-hybridized carbons (Fsp3) is 0.333. The molecule has 3 aromatic rings. The van der Waals surface area contributed by atoms with Gasteiger partial charge in [-0.3, -0.25) is 9.69 Å². The minimum Gasteiger partial charge on any atom is -0.302 e. The summed E-state index contributed by atoms with van der Waals surface area (Å²) in [5, 5.41) is 0.398. The molecule has 0 spiro atoms. The molecule has 154 valence electrons. The molecule has 29 heavy (non-hydrogen) atoms. The van der Waals surface area contributed by atoms with Crippen LogP contribution < -0.4 is 4.90 Å².